The molecule has 6 nitrogen and oxygen atoms in total. The van der Waals surface area contributed by atoms with E-state index in [0.29, 0.717) is 21.3 Å². The number of benzene rings is 1. The molecule has 0 aliphatic carbocycles. The van der Waals surface area contributed by atoms with Crippen molar-refractivity contribution in [2.24, 2.45) is 7.05 Å². The van der Waals surface area contributed by atoms with Crippen LogP contribution in [0.1, 0.15) is 21.1 Å². The Bertz CT molecular complexity index is 1130. The fourth-order valence-electron chi connectivity index (χ4n) is 2.54. The average Bonchev–Trinajstić information content (AvgIpc) is 3.40. The summed E-state index contributed by atoms with van der Waals surface area (Å²) >= 11 is 2.70. The number of thiazole rings is 2. The topological polar surface area (TPSA) is 69.9 Å². The number of aromatic nitrogens is 4. The van der Waals surface area contributed by atoms with Gasteiger partial charge in [-0.2, -0.15) is 5.10 Å². The van der Waals surface area contributed by atoms with Crippen molar-refractivity contribution in [2.75, 3.05) is 0 Å². The minimum absolute atomic E-state index is 0.0822. The van der Waals surface area contributed by atoms with E-state index in [1.54, 1.807) is 29.9 Å². The molecule has 0 saturated heterocycles. The lowest BCUT2D eigenvalue weighted by molar-refractivity contribution is 0.0473. The highest BCUT2D eigenvalue weighted by Crippen LogP contribution is 2.29. The summed E-state index contributed by atoms with van der Waals surface area (Å²) in [6, 6.07) is 6.01. The van der Waals surface area contributed by atoms with Gasteiger partial charge in [0.25, 0.3) is 0 Å². The van der Waals surface area contributed by atoms with Crippen molar-refractivity contribution in [2.45, 2.75) is 13.5 Å². The summed E-state index contributed by atoms with van der Waals surface area (Å²) in [5.74, 6) is -0.759. The van der Waals surface area contributed by atoms with Gasteiger partial charge in [0, 0.05) is 29.8 Å². The fourth-order valence-corrected chi connectivity index (χ4v) is 4.29. The van der Waals surface area contributed by atoms with Gasteiger partial charge in [-0.1, -0.05) is 0 Å². The molecule has 4 rings (SSSR count). The van der Waals surface area contributed by atoms with Crippen molar-refractivity contribution in [3.8, 4) is 21.1 Å². The Balaban J connectivity index is 1.44. The van der Waals surface area contributed by atoms with E-state index in [1.165, 1.54) is 34.8 Å². The van der Waals surface area contributed by atoms with Gasteiger partial charge >= 0.3 is 5.97 Å². The van der Waals surface area contributed by atoms with Gasteiger partial charge in [0.1, 0.15) is 27.3 Å². The first kappa shape index (κ1) is 18.5. The molecule has 0 unspecified atom stereocenters. The molecule has 0 bridgehead atoms. The predicted octanol–water partition coefficient (Wildman–Crippen LogP) is 4.47. The van der Waals surface area contributed by atoms with E-state index in [4.69, 9.17) is 4.74 Å². The normalized spacial score (nSPS) is 11.0. The SMILES string of the molecule is Cc1nc(-c2ccc(F)cc2)sc1C(=O)OCc1csc(-c2cnn(C)c2)n1. The van der Waals surface area contributed by atoms with Crippen LogP contribution in [0.15, 0.2) is 42.0 Å². The molecule has 0 N–H and O–H groups in total. The maximum atomic E-state index is 13.1. The first-order valence-corrected chi connectivity index (χ1v) is 10.0. The molecule has 0 aliphatic heterocycles. The van der Waals surface area contributed by atoms with Crippen LogP contribution in [0.5, 0.6) is 0 Å². The Morgan fingerprint density at radius 2 is 1.96 bits per heavy atom. The summed E-state index contributed by atoms with van der Waals surface area (Å²) in [5, 5.41) is 7.47. The highest BCUT2D eigenvalue weighted by atomic mass is 32.1. The highest BCUT2D eigenvalue weighted by Gasteiger charge is 2.18. The number of ether oxygens (including phenoxy) is 1. The summed E-state index contributed by atoms with van der Waals surface area (Å²) in [6.45, 7) is 1.84. The minimum Gasteiger partial charge on any atom is -0.455 e. The largest absolute Gasteiger partial charge is 0.455 e. The van der Waals surface area contributed by atoms with Crippen molar-refractivity contribution >= 4 is 28.6 Å². The second kappa shape index (κ2) is 7.61. The maximum absolute atomic E-state index is 13.1. The number of nitrogens with zero attached hydrogens (tertiary/aromatic N) is 4. The molecule has 0 fully saturated rings. The molecule has 142 valence electrons. The average molecular weight is 414 g/mol. The zero-order valence-corrected chi connectivity index (χ0v) is 16.7. The summed E-state index contributed by atoms with van der Waals surface area (Å²) < 4.78 is 20.2. The Hall–Kier alpha value is -2.91. The molecular weight excluding hydrogens is 399 g/mol. The summed E-state index contributed by atoms with van der Waals surface area (Å²) in [6.07, 6.45) is 3.62. The molecule has 0 amide bonds. The Morgan fingerprint density at radius 3 is 2.68 bits per heavy atom. The van der Waals surface area contributed by atoms with Crippen molar-refractivity contribution in [3.63, 3.8) is 0 Å². The molecule has 1 aromatic carbocycles. The van der Waals surface area contributed by atoms with E-state index in [9.17, 15) is 9.18 Å². The molecule has 0 atom stereocenters. The van der Waals surface area contributed by atoms with Crippen molar-refractivity contribution in [3.05, 3.63) is 64.1 Å². The lowest BCUT2D eigenvalue weighted by Crippen LogP contribution is -2.05. The van der Waals surface area contributed by atoms with E-state index in [0.717, 1.165) is 16.1 Å². The fraction of sp³-hybridized carbons (Fsp3) is 0.158. The van der Waals surface area contributed by atoms with Gasteiger partial charge in [0.15, 0.2) is 0 Å². The smallest absolute Gasteiger partial charge is 0.350 e. The lowest BCUT2D eigenvalue weighted by Gasteiger charge is -2.01. The third-order valence-electron chi connectivity index (χ3n) is 3.93. The molecule has 3 aromatic heterocycles. The summed E-state index contributed by atoms with van der Waals surface area (Å²) in [7, 11) is 1.84. The number of carbonyl (C=O) groups is 1. The Kier molecular flexibility index (Phi) is 5.01. The number of rotatable bonds is 5. The van der Waals surface area contributed by atoms with Crippen molar-refractivity contribution in [1.29, 1.82) is 0 Å². The molecule has 9 heteroatoms. The summed E-state index contributed by atoms with van der Waals surface area (Å²) in [4.78, 5) is 21.8. The monoisotopic (exact) mass is 414 g/mol. The van der Waals surface area contributed by atoms with Gasteiger partial charge in [-0.3, -0.25) is 4.68 Å². The van der Waals surface area contributed by atoms with Crippen LogP contribution in [-0.2, 0) is 18.4 Å². The lowest BCUT2D eigenvalue weighted by atomic mass is 10.2. The molecule has 3 heterocycles. The zero-order chi connectivity index (χ0) is 19.7. The standard InChI is InChI=1S/C19H15FN4O2S2/c1-11-16(28-18(22-11)12-3-5-14(20)6-4-12)19(25)26-9-15-10-27-17(23-15)13-7-21-24(2)8-13/h3-8,10H,9H2,1-2H3. The number of halogens is 1. The van der Waals surface area contributed by atoms with E-state index < -0.39 is 5.97 Å². The number of aryl methyl sites for hydroxylation is 2. The van der Waals surface area contributed by atoms with Crippen LogP contribution in [0.25, 0.3) is 21.1 Å². The maximum Gasteiger partial charge on any atom is 0.350 e. The second-order valence-corrected chi connectivity index (χ2v) is 7.92. The highest BCUT2D eigenvalue weighted by molar-refractivity contribution is 7.17. The number of esters is 1. The number of carbonyl (C=O) groups excluding carboxylic acids is 1. The summed E-state index contributed by atoms with van der Waals surface area (Å²) in [5.41, 5.74) is 2.95. The van der Waals surface area contributed by atoms with E-state index in [-0.39, 0.29) is 12.4 Å². The van der Waals surface area contributed by atoms with Crippen LogP contribution < -0.4 is 0 Å². The van der Waals surface area contributed by atoms with Gasteiger partial charge in [-0.05, 0) is 31.2 Å². The number of hydrogen-bond acceptors (Lipinski definition) is 7. The molecular formula is C19H15FN4O2S2. The van der Waals surface area contributed by atoms with Crippen LogP contribution in [0.3, 0.4) is 0 Å². The Labute approximate surface area is 168 Å². The van der Waals surface area contributed by atoms with Gasteiger partial charge in [0.2, 0.25) is 0 Å². The van der Waals surface area contributed by atoms with Crippen LogP contribution >= 0.6 is 22.7 Å². The van der Waals surface area contributed by atoms with Gasteiger partial charge < -0.3 is 4.74 Å². The number of hydrogen-bond donors (Lipinski definition) is 0. The van der Waals surface area contributed by atoms with Gasteiger partial charge in [-0.25, -0.2) is 19.2 Å². The van der Waals surface area contributed by atoms with Crippen LogP contribution in [-0.4, -0.2) is 25.7 Å². The molecule has 28 heavy (non-hydrogen) atoms. The third-order valence-corrected chi connectivity index (χ3v) is 6.05. The van der Waals surface area contributed by atoms with Crippen LogP contribution in [0.4, 0.5) is 4.39 Å². The second-order valence-electron chi connectivity index (χ2n) is 6.06. The van der Waals surface area contributed by atoms with Crippen molar-refractivity contribution in [1.82, 2.24) is 19.7 Å². The molecule has 0 radical (unpaired) electrons. The van der Waals surface area contributed by atoms with Crippen LogP contribution in [0.2, 0.25) is 0 Å². The Morgan fingerprint density at radius 1 is 1.18 bits per heavy atom. The third kappa shape index (κ3) is 3.85. The van der Waals surface area contributed by atoms with E-state index in [2.05, 4.69) is 15.1 Å². The van der Waals surface area contributed by atoms with E-state index >= 15 is 0 Å². The molecule has 0 aliphatic rings. The van der Waals surface area contributed by atoms with Crippen molar-refractivity contribution < 1.29 is 13.9 Å². The first-order valence-electron chi connectivity index (χ1n) is 8.33. The minimum atomic E-state index is -0.445. The molecule has 0 spiro atoms. The first-order chi connectivity index (χ1) is 13.5. The van der Waals surface area contributed by atoms with E-state index in [1.807, 2.05) is 18.6 Å². The van der Waals surface area contributed by atoms with Crippen LogP contribution in [0, 0.1) is 12.7 Å². The molecule has 4 aromatic rings. The zero-order valence-electron chi connectivity index (χ0n) is 15.0. The van der Waals surface area contributed by atoms with Gasteiger partial charge in [-0.15, -0.1) is 22.7 Å². The van der Waals surface area contributed by atoms with Gasteiger partial charge in [0.05, 0.1) is 17.6 Å². The quantitative estimate of drug-likeness (QED) is 0.451. The molecule has 0 saturated carbocycles. The predicted molar refractivity (Wildman–Crippen MR) is 106 cm³/mol.